The van der Waals surface area contributed by atoms with Crippen molar-refractivity contribution in [2.24, 2.45) is 0 Å². The second-order valence-corrected chi connectivity index (χ2v) is 12.9. The van der Waals surface area contributed by atoms with Gasteiger partial charge in [-0.05, 0) is 12.8 Å². The van der Waals surface area contributed by atoms with Gasteiger partial charge in [0.1, 0.15) is 12.2 Å². The summed E-state index contributed by atoms with van der Waals surface area (Å²) in [4.78, 5) is 14.7. The van der Waals surface area contributed by atoms with Gasteiger partial charge in [0.15, 0.2) is 5.65 Å². The Balaban J connectivity index is 1.68. The SMILES string of the molecule is CC(C)(C)c1nc(C(C)(C)CCC(C)(C)c2nc(C(C)(C)C)n3ccncc23)cn2cnnc12. The van der Waals surface area contributed by atoms with Crippen LogP contribution in [-0.2, 0) is 21.7 Å². The van der Waals surface area contributed by atoms with Crippen LogP contribution in [0.15, 0.2) is 31.1 Å². The van der Waals surface area contributed by atoms with Gasteiger partial charge in [0.25, 0.3) is 0 Å². The minimum Gasteiger partial charge on any atom is -0.300 e. The molecule has 0 saturated carbocycles. The molecule has 4 heterocycles. The van der Waals surface area contributed by atoms with Crippen LogP contribution in [0.2, 0.25) is 0 Å². The molecule has 7 heteroatoms. The molecule has 0 spiro atoms. The van der Waals surface area contributed by atoms with E-state index in [1.807, 2.05) is 23.0 Å². The second-order valence-electron chi connectivity index (χ2n) is 12.9. The van der Waals surface area contributed by atoms with Crippen molar-refractivity contribution in [1.82, 2.24) is 34.0 Å². The quantitative estimate of drug-likeness (QED) is 0.376. The molecule has 182 valence electrons. The average molecular weight is 462 g/mol. The highest BCUT2D eigenvalue weighted by Gasteiger charge is 2.34. The number of aromatic nitrogens is 7. The maximum Gasteiger partial charge on any atom is 0.182 e. The Kier molecular flexibility index (Phi) is 5.61. The molecule has 4 rings (SSSR count). The summed E-state index contributed by atoms with van der Waals surface area (Å²) in [6.45, 7) is 22.3. The Labute approximate surface area is 203 Å². The average Bonchev–Trinajstić information content (AvgIpc) is 3.35. The van der Waals surface area contributed by atoms with Gasteiger partial charge in [-0.3, -0.25) is 18.8 Å². The number of hydrogen-bond acceptors (Lipinski definition) is 5. The molecule has 0 aliphatic rings. The maximum atomic E-state index is 5.17. The van der Waals surface area contributed by atoms with Crippen LogP contribution in [-0.4, -0.2) is 34.0 Å². The minimum absolute atomic E-state index is 0.0562. The monoisotopic (exact) mass is 461 g/mol. The third-order valence-corrected chi connectivity index (χ3v) is 6.82. The predicted molar refractivity (Wildman–Crippen MR) is 136 cm³/mol. The first kappa shape index (κ1) is 24.3. The lowest BCUT2D eigenvalue weighted by Crippen LogP contribution is -2.28. The number of hydrogen-bond donors (Lipinski definition) is 0. The number of imidazole rings is 1. The number of nitrogens with zero attached hydrogens (tertiary/aromatic N) is 7. The summed E-state index contributed by atoms with van der Waals surface area (Å²) in [6.07, 6.45) is 11.6. The van der Waals surface area contributed by atoms with E-state index < -0.39 is 0 Å². The molecule has 0 aliphatic carbocycles. The molecular weight excluding hydrogens is 422 g/mol. The molecule has 0 bridgehead atoms. The van der Waals surface area contributed by atoms with Crippen LogP contribution < -0.4 is 0 Å². The highest BCUT2D eigenvalue weighted by Crippen LogP contribution is 2.38. The third-order valence-electron chi connectivity index (χ3n) is 6.82. The fraction of sp³-hybridized carbons (Fsp3) is 0.593. The normalized spacial score (nSPS) is 13.8. The lowest BCUT2D eigenvalue weighted by molar-refractivity contribution is 0.362. The Morgan fingerprint density at radius 1 is 0.794 bits per heavy atom. The molecule has 0 fully saturated rings. The van der Waals surface area contributed by atoms with E-state index in [1.54, 1.807) is 6.33 Å². The Hall–Kier alpha value is -2.83. The molecule has 7 nitrogen and oxygen atoms in total. The molecule has 34 heavy (non-hydrogen) atoms. The first-order valence-corrected chi connectivity index (χ1v) is 12.2. The van der Waals surface area contributed by atoms with E-state index in [9.17, 15) is 0 Å². The van der Waals surface area contributed by atoms with Gasteiger partial charge >= 0.3 is 0 Å². The zero-order valence-corrected chi connectivity index (χ0v) is 22.4. The summed E-state index contributed by atoms with van der Waals surface area (Å²) < 4.78 is 4.21. The van der Waals surface area contributed by atoms with Crippen molar-refractivity contribution in [3.8, 4) is 0 Å². The highest BCUT2D eigenvalue weighted by molar-refractivity contribution is 5.55. The van der Waals surface area contributed by atoms with Gasteiger partial charge in [-0.2, -0.15) is 0 Å². The van der Waals surface area contributed by atoms with Crippen LogP contribution in [0.25, 0.3) is 11.2 Å². The molecule has 0 saturated heterocycles. The van der Waals surface area contributed by atoms with Gasteiger partial charge in [0.2, 0.25) is 0 Å². The standard InChI is InChI=1S/C27H39N7/c1-24(2,3)21-22-32-29-17-33(22)16-19(30-21)26(7,8)11-12-27(9,10)20-18-15-28-13-14-34(18)23(31-20)25(4,5)6/h13-17H,11-12H2,1-10H3. The molecule has 0 N–H and O–H groups in total. The van der Waals surface area contributed by atoms with Crippen molar-refractivity contribution in [3.63, 3.8) is 0 Å². The third kappa shape index (κ3) is 4.32. The van der Waals surface area contributed by atoms with Crippen molar-refractivity contribution in [3.05, 3.63) is 54.0 Å². The highest BCUT2D eigenvalue weighted by atomic mass is 15.2. The van der Waals surface area contributed by atoms with Crippen molar-refractivity contribution in [1.29, 1.82) is 0 Å². The van der Waals surface area contributed by atoms with E-state index in [0.29, 0.717) is 0 Å². The van der Waals surface area contributed by atoms with Crippen LogP contribution >= 0.6 is 0 Å². The Morgan fingerprint density at radius 2 is 1.47 bits per heavy atom. The molecule has 0 atom stereocenters. The number of rotatable bonds is 5. The molecule has 0 amide bonds. The molecular formula is C27H39N7. The van der Waals surface area contributed by atoms with Crippen molar-refractivity contribution in [2.45, 2.75) is 104 Å². The Morgan fingerprint density at radius 3 is 2.12 bits per heavy atom. The fourth-order valence-electron chi connectivity index (χ4n) is 4.50. The first-order valence-electron chi connectivity index (χ1n) is 12.2. The zero-order valence-electron chi connectivity index (χ0n) is 22.4. The van der Waals surface area contributed by atoms with E-state index in [2.05, 4.69) is 95.0 Å². The fourth-order valence-corrected chi connectivity index (χ4v) is 4.50. The van der Waals surface area contributed by atoms with E-state index in [1.165, 1.54) is 0 Å². The lowest BCUT2D eigenvalue weighted by atomic mass is 9.75. The largest absolute Gasteiger partial charge is 0.300 e. The summed E-state index contributed by atoms with van der Waals surface area (Å²) in [5.74, 6) is 1.07. The van der Waals surface area contributed by atoms with Crippen LogP contribution in [0.5, 0.6) is 0 Å². The van der Waals surface area contributed by atoms with Crippen molar-refractivity contribution >= 4 is 11.2 Å². The van der Waals surface area contributed by atoms with Crippen LogP contribution in [0.3, 0.4) is 0 Å². The molecule has 0 aliphatic heterocycles. The first-order chi connectivity index (χ1) is 15.6. The smallest absolute Gasteiger partial charge is 0.182 e. The Bertz CT molecular complexity index is 1330. The molecule has 0 radical (unpaired) electrons. The van der Waals surface area contributed by atoms with Crippen LogP contribution in [0, 0.1) is 0 Å². The summed E-state index contributed by atoms with van der Waals surface area (Å²) in [7, 11) is 0. The predicted octanol–water partition coefficient (Wildman–Crippen LogP) is 5.80. The van der Waals surface area contributed by atoms with Gasteiger partial charge in [-0.1, -0.05) is 69.2 Å². The van der Waals surface area contributed by atoms with Gasteiger partial charge < -0.3 is 0 Å². The van der Waals surface area contributed by atoms with E-state index in [-0.39, 0.29) is 21.7 Å². The number of fused-ring (bicyclic) bond motifs is 2. The summed E-state index contributed by atoms with van der Waals surface area (Å²) in [5.41, 5.74) is 4.65. The maximum absolute atomic E-state index is 5.17. The van der Waals surface area contributed by atoms with Crippen molar-refractivity contribution in [2.75, 3.05) is 0 Å². The molecule has 0 unspecified atom stereocenters. The van der Waals surface area contributed by atoms with Crippen LogP contribution in [0.4, 0.5) is 0 Å². The van der Waals surface area contributed by atoms with E-state index in [4.69, 9.17) is 9.97 Å². The second kappa shape index (κ2) is 7.85. The van der Waals surface area contributed by atoms with Gasteiger partial charge in [0.05, 0.1) is 28.8 Å². The van der Waals surface area contributed by atoms with Gasteiger partial charge in [-0.25, -0.2) is 4.98 Å². The van der Waals surface area contributed by atoms with E-state index in [0.717, 1.165) is 46.9 Å². The summed E-state index contributed by atoms with van der Waals surface area (Å²) in [5, 5.41) is 8.45. The lowest BCUT2D eigenvalue weighted by Gasteiger charge is -2.31. The molecule has 0 aromatic carbocycles. The van der Waals surface area contributed by atoms with Gasteiger partial charge in [0, 0.05) is 40.3 Å². The van der Waals surface area contributed by atoms with E-state index >= 15 is 0 Å². The summed E-state index contributed by atoms with van der Waals surface area (Å²) >= 11 is 0. The van der Waals surface area contributed by atoms with Crippen molar-refractivity contribution < 1.29 is 0 Å². The topological polar surface area (TPSA) is 73.3 Å². The molecule has 4 aromatic heterocycles. The van der Waals surface area contributed by atoms with Crippen LogP contribution in [0.1, 0.15) is 105 Å². The summed E-state index contributed by atoms with van der Waals surface area (Å²) in [6, 6.07) is 0. The van der Waals surface area contributed by atoms with Gasteiger partial charge in [-0.15, -0.1) is 10.2 Å². The minimum atomic E-state index is -0.129. The molecule has 4 aromatic rings. The zero-order chi connectivity index (χ0) is 25.1.